The van der Waals surface area contributed by atoms with E-state index in [1.165, 1.54) is 13.4 Å². The SMILES string of the molecule is Cc1ccnc(Cn2c(-c3ccc(OCCN(C)C(=O)O)cc3Cl)nc3c(OC4(C)CC4)ncnc32)c1. The van der Waals surface area contributed by atoms with Crippen molar-refractivity contribution in [1.29, 1.82) is 0 Å². The Hall–Kier alpha value is -3.92. The van der Waals surface area contributed by atoms with E-state index in [1.807, 2.05) is 29.7 Å². The van der Waals surface area contributed by atoms with Gasteiger partial charge in [0.05, 0.1) is 23.8 Å². The number of amides is 1. The lowest BCUT2D eigenvalue weighted by Crippen LogP contribution is -2.29. The molecule has 3 heterocycles. The highest BCUT2D eigenvalue weighted by atomic mass is 35.5. The molecule has 0 spiro atoms. The number of benzene rings is 1. The van der Waals surface area contributed by atoms with Crippen molar-refractivity contribution in [3.63, 3.8) is 0 Å². The van der Waals surface area contributed by atoms with Crippen molar-refractivity contribution in [3.8, 4) is 23.0 Å². The van der Waals surface area contributed by atoms with E-state index in [-0.39, 0.29) is 18.8 Å². The fraction of sp³-hybridized carbons (Fsp3) is 0.346. The molecule has 1 fully saturated rings. The molecule has 0 aliphatic heterocycles. The van der Waals surface area contributed by atoms with Gasteiger partial charge in [-0.25, -0.2) is 14.8 Å². The number of aryl methyl sites for hydroxylation is 1. The highest BCUT2D eigenvalue weighted by Crippen LogP contribution is 2.41. The van der Waals surface area contributed by atoms with E-state index in [0.29, 0.717) is 45.7 Å². The number of aromatic nitrogens is 5. The summed E-state index contributed by atoms with van der Waals surface area (Å²) >= 11 is 6.72. The lowest BCUT2D eigenvalue weighted by molar-refractivity contribution is 0.147. The fourth-order valence-corrected chi connectivity index (χ4v) is 4.12. The monoisotopic (exact) mass is 522 g/mol. The van der Waals surface area contributed by atoms with Gasteiger partial charge in [-0.15, -0.1) is 0 Å². The molecule has 1 saturated carbocycles. The molecule has 37 heavy (non-hydrogen) atoms. The summed E-state index contributed by atoms with van der Waals surface area (Å²) in [6.07, 6.45) is 4.19. The number of carbonyl (C=O) groups is 1. The van der Waals surface area contributed by atoms with Crippen LogP contribution in [-0.4, -0.2) is 66.4 Å². The second-order valence-electron chi connectivity index (χ2n) is 9.44. The molecule has 192 valence electrons. The summed E-state index contributed by atoms with van der Waals surface area (Å²) in [5, 5.41) is 9.43. The number of hydrogen-bond donors (Lipinski definition) is 1. The van der Waals surface area contributed by atoms with Crippen molar-refractivity contribution < 1.29 is 19.4 Å². The van der Waals surface area contributed by atoms with Gasteiger partial charge in [-0.2, -0.15) is 4.98 Å². The minimum atomic E-state index is -1.01. The second-order valence-corrected chi connectivity index (χ2v) is 9.85. The van der Waals surface area contributed by atoms with Gasteiger partial charge in [0.2, 0.25) is 5.88 Å². The zero-order valence-corrected chi connectivity index (χ0v) is 21.6. The highest BCUT2D eigenvalue weighted by molar-refractivity contribution is 6.33. The average molecular weight is 523 g/mol. The van der Waals surface area contributed by atoms with Crippen molar-refractivity contribution in [2.75, 3.05) is 20.2 Å². The molecule has 0 radical (unpaired) electrons. The molecule has 1 amide bonds. The lowest BCUT2D eigenvalue weighted by atomic mass is 10.2. The Morgan fingerprint density at radius 3 is 2.73 bits per heavy atom. The quantitative estimate of drug-likeness (QED) is 0.332. The Morgan fingerprint density at radius 2 is 2.03 bits per heavy atom. The third kappa shape index (κ3) is 5.43. The van der Waals surface area contributed by atoms with Gasteiger partial charge in [0, 0.05) is 18.8 Å². The molecule has 5 rings (SSSR count). The van der Waals surface area contributed by atoms with Gasteiger partial charge in [-0.05, 0) is 62.6 Å². The van der Waals surface area contributed by atoms with Crippen LogP contribution in [0.2, 0.25) is 5.02 Å². The van der Waals surface area contributed by atoms with Crippen molar-refractivity contribution in [2.24, 2.45) is 0 Å². The summed E-state index contributed by atoms with van der Waals surface area (Å²) in [5.74, 6) is 1.58. The van der Waals surface area contributed by atoms with Crippen LogP contribution >= 0.6 is 11.6 Å². The number of carboxylic acid groups (broad SMARTS) is 1. The number of hydrogen-bond acceptors (Lipinski definition) is 7. The first-order valence-electron chi connectivity index (χ1n) is 11.9. The predicted octanol–water partition coefficient (Wildman–Crippen LogP) is 4.82. The number of pyridine rings is 1. The van der Waals surface area contributed by atoms with E-state index in [4.69, 9.17) is 31.2 Å². The zero-order valence-electron chi connectivity index (χ0n) is 20.8. The molecule has 3 aromatic heterocycles. The molecule has 11 heteroatoms. The number of fused-ring (bicyclic) bond motifs is 1. The van der Waals surface area contributed by atoms with Crippen LogP contribution in [0.1, 0.15) is 31.0 Å². The molecule has 1 aliphatic carbocycles. The minimum absolute atomic E-state index is 0.199. The number of ether oxygens (including phenoxy) is 2. The molecule has 0 saturated heterocycles. The fourth-order valence-electron chi connectivity index (χ4n) is 3.87. The van der Waals surface area contributed by atoms with E-state index >= 15 is 0 Å². The number of imidazole rings is 1. The van der Waals surface area contributed by atoms with Crippen LogP contribution in [0.5, 0.6) is 11.6 Å². The maximum atomic E-state index is 11.0. The first-order valence-corrected chi connectivity index (χ1v) is 12.3. The third-order valence-electron chi connectivity index (χ3n) is 6.29. The topological polar surface area (TPSA) is 115 Å². The molecule has 0 unspecified atom stereocenters. The Labute approximate surface area is 218 Å². The van der Waals surface area contributed by atoms with Crippen LogP contribution in [0.25, 0.3) is 22.6 Å². The number of rotatable bonds is 9. The predicted molar refractivity (Wildman–Crippen MR) is 138 cm³/mol. The summed E-state index contributed by atoms with van der Waals surface area (Å²) in [6, 6.07) is 9.28. The largest absolute Gasteiger partial charge is 0.492 e. The van der Waals surface area contributed by atoms with Crippen LogP contribution in [0, 0.1) is 6.92 Å². The molecule has 4 aromatic rings. The summed E-state index contributed by atoms with van der Waals surface area (Å²) in [6.45, 7) is 4.93. The Bertz CT molecular complexity index is 1470. The van der Waals surface area contributed by atoms with Crippen LogP contribution in [0.3, 0.4) is 0 Å². The molecular weight excluding hydrogens is 496 g/mol. The van der Waals surface area contributed by atoms with E-state index in [0.717, 1.165) is 29.0 Å². The Kier molecular flexibility index (Phi) is 6.59. The lowest BCUT2D eigenvalue weighted by Gasteiger charge is -2.14. The first kappa shape index (κ1) is 24.8. The normalized spacial score (nSPS) is 13.9. The van der Waals surface area contributed by atoms with Gasteiger partial charge in [-0.3, -0.25) is 4.98 Å². The summed E-state index contributed by atoms with van der Waals surface area (Å²) in [7, 11) is 1.49. The average Bonchev–Trinajstić information content (AvgIpc) is 3.47. The van der Waals surface area contributed by atoms with Crippen molar-refractivity contribution in [2.45, 2.75) is 38.8 Å². The van der Waals surface area contributed by atoms with Crippen molar-refractivity contribution >= 4 is 28.9 Å². The van der Waals surface area contributed by atoms with Crippen LogP contribution in [0.4, 0.5) is 4.79 Å². The van der Waals surface area contributed by atoms with E-state index in [2.05, 4.69) is 21.9 Å². The maximum Gasteiger partial charge on any atom is 0.407 e. The van der Waals surface area contributed by atoms with Crippen molar-refractivity contribution in [3.05, 3.63) is 59.1 Å². The van der Waals surface area contributed by atoms with Gasteiger partial charge in [0.1, 0.15) is 30.1 Å². The first-order chi connectivity index (χ1) is 17.7. The maximum absolute atomic E-state index is 11.0. The number of likely N-dealkylation sites (N-methyl/N-ethyl adjacent to an activating group) is 1. The van der Waals surface area contributed by atoms with Gasteiger partial charge in [-0.1, -0.05) is 11.6 Å². The molecule has 1 aliphatic rings. The van der Waals surface area contributed by atoms with Crippen LogP contribution < -0.4 is 9.47 Å². The number of nitrogens with zero attached hydrogens (tertiary/aromatic N) is 6. The summed E-state index contributed by atoms with van der Waals surface area (Å²) in [5.41, 5.74) is 3.60. The third-order valence-corrected chi connectivity index (χ3v) is 6.60. The van der Waals surface area contributed by atoms with Gasteiger partial charge < -0.3 is 24.0 Å². The summed E-state index contributed by atoms with van der Waals surface area (Å²) in [4.78, 5) is 30.5. The number of halogens is 1. The Morgan fingerprint density at radius 1 is 1.22 bits per heavy atom. The minimum Gasteiger partial charge on any atom is -0.492 e. The molecular formula is C26H27ClN6O4. The van der Waals surface area contributed by atoms with Crippen molar-refractivity contribution in [1.82, 2.24) is 29.4 Å². The zero-order chi connectivity index (χ0) is 26.2. The molecule has 1 aromatic carbocycles. The standard InChI is InChI=1S/C26H27ClN6O4/c1-16-6-9-28-17(12-16)14-33-22(31-21-23(33)29-15-30-24(21)37-26(2)7-8-26)19-5-4-18(13-20(19)27)36-11-10-32(3)25(34)35/h4-6,9,12-13,15H,7-8,10-11,14H2,1-3H3,(H,34,35). The second kappa shape index (κ2) is 9.85. The van der Waals surface area contributed by atoms with E-state index in [9.17, 15) is 4.79 Å². The highest BCUT2D eigenvalue weighted by Gasteiger charge is 2.41. The summed E-state index contributed by atoms with van der Waals surface area (Å²) < 4.78 is 13.9. The molecule has 0 atom stereocenters. The Balaban J connectivity index is 1.52. The van der Waals surface area contributed by atoms with Gasteiger partial charge in [0.15, 0.2) is 11.2 Å². The smallest absolute Gasteiger partial charge is 0.407 e. The molecule has 10 nitrogen and oxygen atoms in total. The molecule has 0 bridgehead atoms. The van der Waals surface area contributed by atoms with E-state index in [1.54, 1.807) is 18.3 Å². The van der Waals surface area contributed by atoms with Gasteiger partial charge >= 0.3 is 6.09 Å². The molecule has 1 N–H and O–H groups in total. The van der Waals surface area contributed by atoms with Gasteiger partial charge in [0.25, 0.3) is 0 Å². The van der Waals surface area contributed by atoms with E-state index < -0.39 is 6.09 Å². The van der Waals surface area contributed by atoms with Crippen LogP contribution in [-0.2, 0) is 6.54 Å². The van der Waals surface area contributed by atoms with Crippen LogP contribution in [0.15, 0.2) is 42.9 Å².